The Kier molecular flexibility index (Phi) is 6.58. The molecule has 1 aromatic rings. The van der Waals surface area contributed by atoms with Crippen LogP contribution in [0.1, 0.15) is 39.5 Å². The first-order valence-electron chi connectivity index (χ1n) is 10.0. The summed E-state index contributed by atoms with van der Waals surface area (Å²) in [4.78, 5) is 26.5. The molecule has 9 heteroatoms. The Morgan fingerprint density at radius 2 is 1.86 bits per heavy atom. The van der Waals surface area contributed by atoms with E-state index in [1.807, 2.05) is 0 Å². The van der Waals surface area contributed by atoms with Crippen LogP contribution >= 0.6 is 0 Å². The number of carbonyl (C=O) groups is 2. The molecule has 1 aliphatic carbocycles. The number of nitrogens with one attached hydrogen (secondary N) is 2. The smallest absolute Gasteiger partial charge is 0.244 e. The van der Waals surface area contributed by atoms with Crippen molar-refractivity contribution in [2.24, 2.45) is 11.8 Å². The topological polar surface area (TPSA) is 95.6 Å². The average Bonchev–Trinajstić information content (AvgIpc) is 3.49. The van der Waals surface area contributed by atoms with E-state index in [2.05, 4.69) is 10.0 Å². The van der Waals surface area contributed by atoms with Crippen LogP contribution in [0.2, 0.25) is 0 Å². The van der Waals surface area contributed by atoms with Crippen LogP contribution in [0, 0.1) is 17.7 Å². The van der Waals surface area contributed by atoms with Crippen LogP contribution in [-0.4, -0.2) is 50.3 Å². The molecule has 160 valence electrons. The minimum atomic E-state index is -4.21. The molecule has 0 aromatic heterocycles. The molecule has 1 aromatic carbocycles. The lowest BCUT2D eigenvalue weighted by Crippen LogP contribution is -2.54. The van der Waals surface area contributed by atoms with Gasteiger partial charge in [-0.1, -0.05) is 26.0 Å². The Hall–Kier alpha value is -2.00. The Balaban J connectivity index is 1.72. The van der Waals surface area contributed by atoms with Gasteiger partial charge in [-0.25, -0.2) is 12.8 Å². The van der Waals surface area contributed by atoms with E-state index in [1.54, 1.807) is 18.7 Å². The third-order valence-corrected chi connectivity index (χ3v) is 6.84. The minimum absolute atomic E-state index is 0.0435. The van der Waals surface area contributed by atoms with Crippen LogP contribution in [0.15, 0.2) is 29.2 Å². The van der Waals surface area contributed by atoms with Gasteiger partial charge in [-0.15, -0.1) is 0 Å². The fourth-order valence-electron chi connectivity index (χ4n) is 3.50. The van der Waals surface area contributed by atoms with Gasteiger partial charge in [0.25, 0.3) is 0 Å². The maximum absolute atomic E-state index is 14.0. The molecule has 0 radical (unpaired) electrons. The van der Waals surface area contributed by atoms with Gasteiger partial charge in [0.2, 0.25) is 21.8 Å². The number of sulfonamides is 1. The molecule has 2 N–H and O–H groups in total. The maximum atomic E-state index is 14.0. The molecule has 0 spiro atoms. The maximum Gasteiger partial charge on any atom is 0.244 e. The van der Waals surface area contributed by atoms with Gasteiger partial charge in [0.05, 0.1) is 5.92 Å². The van der Waals surface area contributed by atoms with Crippen LogP contribution < -0.4 is 10.0 Å². The highest BCUT2D eigenvalue weighted by molar-refractivity contribution is 7.89. The highest BCUT2D eigenvalue weighted by Gasteiger charge is 2.36. The van der Waals surface area contributed by atoms with E-state index < -0.39 is 26.8 Å². The fraction of sp³-hybridized carbons (Fsp3) is 0.600. The number of hydrogen-bond acceptors (Lipinski definition) is 4. The summed E-state index contributed by atoms with van der Waals surface area (Å²) >= 11 is 0. The van der Waals surface area contributed by atoms with Gasteiger partial charge < -0.3 is 10.2 Å². The number of halogens is 1. The molecule has 1 unspecified atom stereocenters. The first kappa shape index (κ1) is 21.7. The third-order valence-electron chi connectivity index (χ3n) is 5.37. The monoisotopic (exact) mass is 425 g/mol. The number of amides is 2. The summed E-state index contributed by atoms with van der Waals surface area (Å²) in [5, 5.41) is 2.97. The number of likely N-dealkylation sites (tertiary alicyclic amines) is 1. The zero-order valence-electron chi connectivity index (χ0n) is 16.7. The second-order valence-electron chi connectivity index (χ2n) is 8.18. The van der Waals surface area contributed by atoms with Crippen LogP contribution in [0.3, 0.4) is 0 Å². The van der Waals surface area contributed by atoms with Crippen molar-refractivity contribution in [2.75, 3.05) is 13.1 Å². The van der Waals surface area contributed by atoms with Gasteiger partial charge in [-0.2, -0.15) is 4.72 Å². The molecule has 3 rings (SSSR count). The van der Waals surface area contributed by atoms with Crippen LogP contribution in [0.5, 0.6) is 0 Å². The van der Waals surface area contributed by atoms with Gasteiger partial charge >= 0.3 is 0 Å². The Bertz CT molecular complexity index is 870. The van der Waals surface area contributed by atoms with Crippen molar-refractivity contribution in [3.05, 3.63) is 30.1 Å². The highest BCUT2D eigenvalue weighted by atomic mass is 32.2. The zero-order valence-corrected chi connectivity index (χ0v) is 17.5. The summed E-state index contributed by atoms with van der Waals surface area (Å²) in [6.45, 7) is 4.19. The predicted octanol–water partition coefficient (Wildman–Crippen LogP) is 1.65. The van der Waals surface area contributed by atoms with E-state index in [4.69, 9.17) is 0 Å². The second-order valence-corrected chi connectivity index (χ2v) is 9.86. The second kappa shape index (κ2) is 8.79. The molecular weight excluding hydrogens is 397 g/mol. The third kappa shape index (κ3) is 5.33. The number of nitrogens with zero attached hydrogens (tertiary/aromatic N) is 1. The Labute approximate surface area is 171 Å². The molecule has 1 aliphatic heterocycles. The van der Waals surface area contributed by atoms with Crippen molar-refractivity contribution >= 4 is 21.8 Å². The number of benzene rings is 1. The van der Waals surface area contributed by atoms with Crippen LogP contribution in [0.25, 0.3) is 0 Å². The molecule has 29 heavy (non-hydrogen) atoms. The van der Waals surface area contributed by atoms with Crippen molar-refractivity contribution in [2.45, 2.75) is 56.5 Å². The van der Waals surface area contributed by atoms with Gasteiger partial charge in [-0.3, -0.25) is 9.59 Å². The van der Waals surface area contributed by atoms with E-state index in [0.717, 1.165) is 18.9 Å². The van der Waals surface area contributed by atoms with E-state index in [0.29, 0.717) is 19.4 Å². The van der Waals surface area contributed by atoms with Crippen LogP contribution in [-0.2, 0) is 19.6 Å². The fourth-order valence-corrected chi connectivity index (χ4v) is 4.92. The van der Waals surface area contributed by atoms with Crippen molar-refractivity contribution in [3.8, 4) is 0 Å². The molecule has 2 fully saturated rings. The summed E-state index contributed by atoms with van der Waals surface area (Å²) in [7, 11) is -4.21. The van der Waals surface area contributed by atoms with E-state index in [1.165, 1.54) is 18.2 Å². The number of carbonyl (C=O) groups excluding carboxylic acids is 2. The van der Waals surface area contributed by atoms with E-state index >= 15 is 0 Å². The van der Waals surface area contributed by atoms with Gasteiger partial charge in [0.15, 0.2) is 0 Å². The molecule has 2 aliphatic rings. The Morgan fingerprint density at radius 3 is 2.48 bits per heavy atom. The number of hydrogen-bond donors (Lipinski definition) is 2. The molecule has 1 saturated carbocycles. The molecule has 0 bridgehead atoms. The van der Waals surface area contributed by atoms with Crippen molar-refractivity contribution in [1.82, 2.24) is 14.9 Å². The lowest BCUT2D eigenvalue weighted by Gasteiger charge is -2.35. The van der Waals surface area contributed by atoms with Gasteiger partial charge in [0, 0.05) is 19.1 Å². The molecular formula is C20H28FN3O4S. The summed E-state index contributed by atoms with van der Waals surface area (Å²) < 4.78 is 41.7. The summed E-state index contributed by atoms with van der Waals surface area (Å²) in [6, 6.07) is 4.28. The lowest BCUT2D eigenvalue weighted by atomic mass is 9.95. The quantitative estimate of drug-likeness (QED) is 0.694. The molecule has 7 nitrogen and oxygen atoms in total. The predicted molar refractivity (Wildman–Crippen MR) is 106 cm³/mol. The highest BCUT2D eigenvalue weighted by Crippen LogP contribution is 2.23. The summed E-state index contributed by atoms with van der Waals surface area (Å²) in [5.74, 6) is -1.93. The first-order chi connectivity index (χ1) is 13.7. The van der Waals surface area contributed by atoms with Crippen molar-refractivity contribution in [3.63, 3.8) is 0 Å². The van der Waals surface area contributed by atoms with E-state index in [9.17, 15) is 22.4 Å². The minimum Gasteiger partial charge on any atom is -0.353 e. The zero-order chi connectivity index (χ0) is 21.2. The molecule has 1 heterocycles. The lowest BCUT2D eigenvalue weighted by molar-refractivity contribution is -0.138. The number of piperidine rings is 1. The normalized spacial score (nSPS) is 21.1. The molecule has 1 saturated heterocycles. The van der Waals surface area contributed by atoms with Crippen molar-refractivity contribution in [1.29, 1.82) is 0 Å². The largest absolute Gasteiger partial charge is 0.353 e. The SMILES string of the molecule is CC(C)[C@H](NS(=O)(=O)c1ccccc1F)C(=O)N1CCCC(C(=O)NC2CC2)C1. The molecule has 2 amide bonds. The molecule has 2 atom stereocenters. The van der Waals surface area contributed by atoms with Gasteiger partial charge in [-0.05, 0) is 43.7 Å². The van der Waals surface area contributed by atoms with Gasteiger partial charge in [0.1, 0.15) is 16.8 Å². The first-order valence-corrected chi connectivity index (χ1v) is 11.5. The van der Waals surface area contributed by atoms with Crippen LogP contribution in [0.4, 0.5) is 4.39 Å². The Morgan fingerprint density at radius 1 is 1.17 bits per heavy atom. The summed E-state index contributed by atoms with van der Waals surface area (Å²) in [5.41, 5.74) is 0. The average molecular weight is 426 g/mol. The van der Waals surface area contributed by atoms with E-state index in [-0.39, 0.29) is 36.2 Å². The standard InChI is InChI=1S/C20H28FN3O4S/c1-13(2)18(23-29(27,28)17-8-4-3-7-16(17)21)20(26)24-11-5-6-14(12-24)19(25)22-15-9-10-15/h3-4,7-8,13-15,18,23H,5-6,9-12H2,1-2H3,(H,22,25)/t14?,18-/m0/s1. The number of rotatable bonds is 7. The summed E-state index contributed by atoms with van der Waals surface area (Å²) in [6.07, 6.45) is 3.37. The van der Waals surface area contributed by atoms with Crippen molar-refractivity contribution < 1.29 is 22.4 Å².